The number of benzene rings is 3. The number of piperazine rings is 1. The second-order valence-electron chi connectivity index (χ2n) is 7.94. The van der Waals surface area contributed by atoms with Crippen molar-refractivity contribution in [1.29, 1.82) is 0 Å². The molecule has 1 N–H and O–H groups in total. The van der Waals surface area contributed by atoms with Crippen LogP contribution in [0.2, 0.25) is 0 Å². The summed E-state index contributed by atoms with van der Waals surface area (Å²) in [6, 6.07) is 26.5. The first-order valence-corrected chi connectivity index (χ1v) is 11.7. The SMILES string of the molecule is CN1CCN(c2ccc(-c3csc(Nc4ccc(Oc5ccccc5)cc4)n3)cc2)CC1. The highest BCUT2D eigenvalue weighted by molar-refractivity contribution is 7.14. The molecule has 4 aromatic rings. The Labute approximate surface area is 192 Å². The van der Waals surface area contributed by atoms with Crippen molar-refractivity contribution in [2.24, 2.45) is 0 Å². The number of anilines is 3. The van der Waals surface area contributed by atoms with Crippen molar-refractivity contribution in [2.75, 3.05) is 43.4 Å². The van der Waals surface area contributed by atoms with Crippen LogP contribution in [0.25, 0.3) is 11.3 Å². The summed E-state index contributed by atoms with van der Waals surface area (Å²) in [5.41, 5.74) is 4.40. The van der Waals surface area contributed by atoms with Crippen LogP contribution in [0.1, 0.15) is 0 Å². The van der Waals surface area contributed by atoms with Gasteiger partial charge in [-0.3, -0.25) is 0 Å². The van der Waals surface area contributed by atoms with Gasteiger partial charge in [0.15, 0.2) is 5.13 Å². The fourth-order valence-electron chi connectivity index (χ4n) is 3.73. The van der Waals surface area contributed by atoms with E-state index in [1.54, 1.807) is 11.3 Å². The minimum absolute atomic E-state index is 0.807. The van der Waals surface area contributed by atoms with Gasteiger partial charge in [-0.1, -0.05) is 30.3 Å². The number of para-hydroxylation sites is 1. The average Bonchev–Trinajstić information content (AvgIpc) is 3.30. The summed E-state index contributed by atoms with van der Waals surface area (Å²) in [5.74, 6) is 1.64. The van der Waals surface area contributed by atoms with Crippen molar-refractivity contribution in [3.63, 3.8) is 0 Å². The molecule has 0 radical (unpaired) electrons. The lowest BCUT2D eigenvalue weighted by Gasteiger charge is -2.34. The third-order valence-electron chi connectivity index (χ3n) is 5.62. The second-order valence-corrected chi connectivity index (χ2v) is 8.80. The molecule has 5 rings (SSSR count). The van der Waals surface area contributed by atoms with Gasteiger partial charge >= 0.3 is 0 Å². The standard InChI is InChI=1S/C26H26N4OS/c1-29-15-17-30(18-16-29)22-11-7-20(8-12-22)25-19-32-26(28-25)27-21-9-13-24(14-10-21)31-23-5-3-2-4-6-23/h2-14,19H,15-18H2,1H3,(H,27,28). The van der Waals surface area contributed by atoms with Crippen molar-refractivity contribution in [3.8, 4) is 22.8 Å². The molecule has 2 heterocycles. The lowest BCUT2D eigenvalue weighted by atomic mass is 10.1. The topological polar surface area (TPSA) is 40.6 Å². The summed E-state index contributed by atoms with van der Waals surface area (Å²) < 4.78 is 5.86. The monoisotopic (exact) mass is 442 g/mol. The normalized spacial score (nSPS) is 14.3. The molecule has 1 fully saturated rings. The second kappa shape index (κ2) is 9.42. The van der Waals surface area contributed by atoms with Crippen LogP contribution in [0.3, 0.4) is 0 Å². The van der Waals surface area contributed by atoms with Crippen LogP contribution in [-0.4, -0.2) is 43.1 Å². The van der Waals surface area contributed by atoms with Gasteiger partial charge in [0, 0.05) is 48.5 Å². The maximum atomic E-state index is 5.86. The number of rotatable bonds is 6. The average molecular weight is 443 g/mol. The quantitative estimate of drug-likeness (QED) is 0.391. The van der Waals surface area contributed by atoms with Gasteiger partial charge in [0.2, 0.25) is 0 Å². The van der Waals surface area contributed by atoms with E-state index >= 15 is 0 Å². The van der Waals surface area contributed by atoms with Crippen LogP contribution in [0.5, 0.6) is 11.5 Å². The van der Waals surface area contributed by atoms with E-state index in [0.717, 1.165) is 59.8 Å². The number of likely N-dealkylation sites (N-methyl/N-ethyl adjacent to an activating group) is 1. The third-order valence-corrected chi connectivity index (χ3v) is 6.38. The van der Waals surface area contributed by atoms with Gasteiger partial charge in [-0.2, -0.15) is 0 Å². The van der Waals surface area contributed by atoms with Gasteiger partial charge in [-0.05, 0) is 55.6 Å². The van der Waals surface area contributed by atoms with Crippen LogP contribution >= 0.6 is 11.3 Å². The van der Waals surface area contributed by atoms with Crippen molar-refractivity contribution in [1.82, 2.24) is 9.88 Å². The number of hydrogen-bond donors (Lipinski definition) is 1. The number of thiazole rings is 1. The molecule has 1 saturated heterocycles. The van der Waals surface area contributed by atoms with E-state index in [4.69, 9.17) is 9.72 Å². The van der Waals surface area contributed by atoms with E-state index in [2.05, 4.69) is 51.8 Å². The highest BCUT2D eigenvalue weighted by atomic mass is 32.1. The molecule has 0 amide bonds. The molecule has 162 valence electrons. The minimum Gasteiger partial charge on any atom is -0.457 e. The molecule has 32 heavy (non-hydrogen) atoms. The molecule has 0 aliphatic carbocycles. The third kappa shape index (κ3) is 4.93. The van der Waals surface area contributed by atoms with E-state index in [9.17, 15) is 0 Å². The zero-order chi connectivity index (χ0) is 21.8. The molecule has 3 aromatic carbocycles. The molecular formula is C26H26N4OS. The Bertz CT molecular complexity index is 1130. The molecule has 0 spiro atoms. The molecule has 0 unspecified atom stereocenters. The molecule has 1 aromatic heterocycles. The summed E-state index contributed by atoms with van der Waals surface area (Å²) in [7, 11) is 2.18. The number of nitrogens with zero attached hydrogens (tertiary/aromatic N) is 3. The Morgan fingerprint density at radius 1 is 0.812 bits per heavy atom. The summed E-state index contributed by atoms with van der Waals surface area (Å²) >= 11 is 1.61. The molecule has 1 aliphatic heterocycles. The Hall–Kier alpha value is -3.35. The van der Waals surface area contributed by atoms with E-state index in [1.807, 2.05) is 54.6 Å². The number of ether oxygens (including phenoxy) is 1. The summed E-state index contributed by atoms with van der Waals surface area (Å²) in [5, 5.41) is 6.36. The lowest BCUT2D eigenvalue weighted by molar-refractivity contribution is 0.313. The van der Waals surface area contributed by atoms with Crippen LogP contribution < -0.4 is 15.0 Å². The van der Waals surface area contributed by atoms with E-state index in [-0.39, 0.29) is 0 Å². The molecule has 1 aliphatic rings. The Morgan fingerprint density at radius 2 is 1.50 bits per heavy atom. The van der Waals surface area contributed by atoms with Crippen LogP contribution in [0.4, 0.5) is 16.5 Å². The largest absolute Gasteiger partial charge is 0.457 e. The van der Waals surface area contributed by atoms with Crippen molar-refractivity contribution < 1.29 is 4.74 Å². The molecule has 0 bridgehead atoms. The van der Waals surface area contributed by atoms with Gasteiger partial charge in [0.1, 0.15) is 11.5 Å². The zero-order valence-electron chi connectivity index (χ0n) is 18.1. The predicted octanol–water partition coefficient (Wildman–Crippen LogP) is 6.10. The smallest absolute Gasteiger partial charge is 0.187 e. The molecule has 6 heteroatoms. The van der Waals surface area contributed by atoms with Gasteiger partial charge in [-0.15, -0.1) is 11.3 Å². The van der Waals surface area contributed by atoms with Crippen LogP contribution in [0, 0.1) is 0 Å². The summed E-state index contributed by atoms with van der Waals surface area (Å²) in [4.78, 5) is 9.59. The number of nitrogens with one attached hydrogen (secondary N) is 1. The van der Waals surface area contributed by atoms with Gasteiger partial charge in [0.25, 0.3) is 0 Å². The first-order chi connectivity index (χ1) is 15.7. The summed E-state index contributed by atoms with van der Waals surface area (Å²) in [6.45, 7) is 4.38. The van der Waals surface area contributed by atoms with Crippen molar-refractivity contribution in [3.05, 3.63) is 84.2 Å². The number of aromatic nitrogens is 1. The predicted molar refractivity (Wildman–Crippen MR) is 134 cm³/mol. The Morgan fingerprint density at radius 3 is 2.22 bits per heavy atom. The zero-order valence-corrected chi connectivity index (χ0v) is 18.9. The van der Waals surface area contributed by atoms with E-state index in [1.165, 1.54) is 5.69 Å². The highest BCUT2D eigenvalue weighted by Crippen LogP contribution is 2.30. The first-order valence-electron chi connectivity index (χ1n) is 10.8. The Kier molecular flexibility index (Phi) is 6.05. The molecular weight excluding hydrogens is 416 g/mol. The van der Waals surface area contributed by atoms with Gasteiger partial charge < -0.3 is 19.9 Å². The summed E-state index contributed by atoms with van der Waals surface area (Å²) in [6.07, 6.45) is 0. The van der Waals surface area contributed by atoms with Gasteiger partial charge in [-0.25, -0.2) is 4.98 Å². The molecule has 0 saturated carbocycles. The van der Waals surface area contributed by atoms with E-state index < -0.39 is 0 Å². The molecule has 5 nitrogen and oxygen atoms in total. The van der Waals surface area contributed by atoms with Crippen molar-refractivity contribution >= 4 is 27.8 Å². The van der Waals surface area contributed by atoms with Crippen LogP contribution in [0.15, 0.2) is 84.2 Å². The first kappa shape index (κ1) is 20.5. The highest BCUT2D eigenvalue weighted by Gasteiger charge is 2.14. The maximum Gasteiger partial charge on any atom is 0.187 e. The Balaban J connectivity index is 1.21. The maximum absolute atomic E-state index is 5.86. The van der Waals surface area contributed by atoms with Crippen molar-refractivity contribution in [2.45, 2.75) is 0 Å². The van der Waals surface area contributed by atoms with E-state index in [0.29, 0.717) is 0 Å². The minimum atomic E-state index is 0.807. The molecule has 0 atom stereocenters. The fraction of sp³-hybridized carbons (Fsp3) is 0.192. The number of hydrogen-bond acceptors (Lipinski definition) is 6. The van der Waals surface area contributed by atoms with Crippen LogP contribution in [-0.2, 0) is 0 Å². The fourth-order valence-corrected chi connectivity index (χ4v) is 4.47. The van der Waals surface area contributed by atoms with Gasteiger partial charge in [0.05, 0.1) is 5.69 Å². The lowest BCUT2D eigenvalue weighted by Crippen LogP contribution is -2.44.